The van der Waals surface area contributed by atoms with Crippen LogP contribution in [0.5, 0.6) is 0 Å². The molecule has 1 aliphatic rings. The number of benzene rings is 1. The summed E-state index contributed by atoms with van der Waals surface area (Å²) in [7, 11) is 0. The van der Waals surface area contributed by atoms with Gasteiger partial charge in [0.05, 0.1) is 12.2 Å². The monoisotopic (exact) mass is 293 g/mol. The van der Waals surface area contributed by atoms with Crippen molar-refractivity contribution in [1.82, 2.24) is 10.6 Å². The first-order chi connectivity index (χ1) is 9.86. The molecule has 0 atom stereocenters. The van der Waals surface area contributed by atoms with Crippen LogP contribution in [0.25, 0.3) is 0 Å². The number of carbonyl (C=O) groups excluding carboxylic acids is 2. The fourth-order valence-electron chi connectivity index (χ4n) is 2.32. The van der Waals surface area contributed by atoms with Crippen LogP contribution in [0.4, 0.5) is 10.1 Å². The van der Waals surface area contributed by atoms with Gasteiger partial charge in [-0.05, 0) is 38.1 Å². The van der Waals surface area contributed by atoms with Crippen molar-refractivity contribution in [2.24, 2.45) is 0 Å². The zero-order valence-corrected chi connectivity index (χ0v) is 12.5. The van der Waals surface area contributed by atoms with Crippen LogP contribution in [0.15, 0.2) is 18.2 Å². The van der Waals surface area contributed by atoms with E-state index in [0.29, 0.717) is 6.54 Å². The molecule has 0 aliphatic carbocycles. The Morgan fingerprint density at radius 1 is 1.38 bits per heavy atom. The molecule has 0 radical (unpaired) electrons. The van der Waals surface area contributed by atoms with Gasteiger partial charge in [0.15, 0.2) is 0 Å². The Bertz CT molecular complexity index is 572. The highest BCUT2D eigenvalue weighted by atomic mass is 19.1. The van der Waals surface area contributed by atoms with E-state index >= 15 is 0 Å². The Morgan fingerprint density at radius 3 is 2.71 bits per heavy atom. The average molecular weight is 293 g/mol. The van der Waals surface area contributed by atoms with E-state index < -0.39 is 23.2 Å². The maximum absolute atomic E-state index is 14.3. The van der Waals surface area contributed by atoms with Gasteiger partial charge in [-0.25, -0.2) is 4.39 Å². The SMILES string of the molecule is CCNCc1ccc(N2CC(=O)NC(=O)C2(C)C)c(F)c1. The third-order valence-electron chi connectivity index (χ3n) is 3.67. The summed E-state index contributed by atoms with van der Waals surface area (Å²) in [5, 5.41) is 5.40. The minimum Gasteiger partial charge on any atom is -0.346 e. The molecule has 2 rings (SSSR count). The van der Waals surface area contributed by atoms with Gasteiger partial charge < -0.3 is 10.2 Å². The number of nitrogens with one attached hydrogen (secondary N) is 2. The van der Waals surface area contributed by atoms with Gasteiger partial charge in [-0.15, -0.1) is 0 Å². The predicted octanol–water partition coefficient (Wildman–Crippen LogP) is 1.18. The van der Waals surface area contributed by atoms with Gasteiger partial charge in [-0.3, -0.25) is 14.9 Å². The number of anilines is 1. The maximum atomic E-state index is 14.3. The molecule has 1 aromatic rings. The summed E-state index contributed by atoms with van der Waals surface area (Å²) in [6.45, 7) is 6.66. The molecule has 0 bridgehead atoms. The molecule has 2 N–H and O–H groups in total. The quantitative estimate of drug-likeness (QED) is 0.818. The van der Waals surface area contributed by atoms with Crippen molar-refractivity contribution >= 4 is 17.5 Å². The van der Waals surface area contributed by atoms with Crippen molar-refractivity contribution < 1.29 is 14.0 Å². The minimum absolute atomic E-state index is 0.0395. The lowest BCUT2D eigenvalue weighted by atomic mass is 9.97. The lowest BCUT2D eigenvalue weighted by molar-refractivity contribution is -0.135. The molecule has 0 saturated carbocycles. The van der Waals surface area contributed by atoms with Crippen LogP contribution in [0.3, 0.4) is 0 Å². The molecular weight excluding hydrogens is 273 g/mol. The molecule has 0 spiro atoms. The molecule has 114 valence electrons. The van der Waals surface area contributed by atoms with Gasteiger partial charge in [0.1, 0.15) is 11.4 Å². The molecule has 6 heteroatoms. The predicted molar refractivity (Wildman–Crippen MR) is 78.4 cm³/mol. The summed E-state index contributed by atoms with van der Waals surface area (Å²) in [4.78, 5) is 25.0. The smallest absolute Gasteiger partial charge is 0.251 e. The molecule has 21 heavy (non-hydrogen) atoms. The lowest BCUT2D eigenvalue weighted by Gasteiger charge is -2.41. The topological polar surface area (TPSA) is 61.4 Å². The Hall–Kier alpha value is -1.95. The summed E-state index contributed by atoms with van der Waals surface area (Å²) in [5.41, 5.74) is 0.116. The second-order valence-corrected chi connectivity index (χ2v) is 5.59. The van der Waals surface area contributed by atoms with Crippen LogP contribution in [0.1, 0.15) is 26.3 Å². The molecular formula is C15H20FN3O2. The van der Waals surface area contributed by atoms with E-state index in [2.05, 4.69) is 10.6 Å². The summed E-state index contributed by atoms with van der Waals surface area (Å²) in [6.07, 6.45) is 0. The number of amides is 2. The van der Waals surface area contributed by atoms with E-state index in [1.165, 1.54) is 11.0 Å². The molecule has 5 nitrogen and oxygen atoms in total. The second-order valence-electron chi connectivity index (χ2n) is 5.59. The van der Waals surface area contributed by atoms with Crippen LogP contribution < -0.4 is 15.5 Å². The van der Waals surface area contributed by atoms with Gasteiger partial charge in [-0.1, -0.05) is 13.0 Å². The van der Waals surface area contributed by atoms with Crippen LogP contribution >= 0.6 is 0 Å². The van der Waals surface area contributed by atoms with E-state index in [1.807, 2.05) is 6.92 Å². The van der Waals surface area contributed by atoms with E-state index in [0.717, 1.165) is 12.1 Å². The van der Waals surface area contributed by atoms with Gasteiger partial charge in [-0.2, -0.15) is 0 Å². The van der Waals surface area contributed by atoms with Gasteiger partial charge in [0.2, 0.25) is 5.91 Å². The Balaban J connectivity index is 2.31. The van der Waals surface area contributed by atoms with E-state index in [-0.39, 0.29) is 12.2 Å². The highest BCUT2D eigenvalue weighted by Crippen LogP contribution is 2.29. The Morgan fingerprint density at radius 2 is 2.10 bits per heavy atom. The molecule has 1 heterocycles. The number of hydrogen-bond acceptors (Lipinski definition) is 4. The first-order valence-electron chi connectivity index (χ1n) is 6.97. The van der Waals surface area contributed by atoms with Crippen molar-refractivity contribution in [2.45, 2.75) is 32.9 Å². The fraction of sp³-hybridized carbons (Fsp3) is 0.467. The number of imide groups is 1. The Labute approximate surface area is 123 Å². The standard InChI is InChI=1S/C15H20FN3O2/c1-4-17-8-10-5-6-12(11(16)7-10)19-9-13(20)18-14(21)15(19,2)3/h5-7,17H,4,8-9H2,1-3H3,(H,18,20,21). The molecule has 1 saturated heterocycles. The number of halogens is 1. The van der Waals surface area contributed by atoms with Gasteiger partial charge in [0, 0.05) is 6.54 Å². The molecule has 0 aromatic heterocycles. The minimum atomic E-state index is -0.974. The highest BCUT2D eigenvalue weighted by molar-refractivity contribution is 6.06. The van der Waals surface area contributed by atoms with Crippen molar-refractivity contribution in [3.8, 4) is 0 Å². The number of nitrogens with zero attached hydrogens (tertiary/aromatic N) is 1. The van der Waals surface area contributed by atoms with Crippen molar-refractivity contribution in [1.29, 1.82) is 0 Å². The molecule has 1 aromatic carbocycles. The van der Waals surface area contributed by atoms with Gasteiger partial charge in [0.25, 0.3) is 5.91 Å². The van der Waals surface area contributed by atoms with Crippen molar-refractivity contribution in [3.05, 3.63) is 29.6 Å². The highest BCUT2D eigenvalue weighted by Gasteiger charge is 2.41. The van der Waals surface area contributed by atoms with Crippen LogP contribution in [0.2, 0.25) is 0 Å². The Kier molecular flexibility index (Phi) is 4.27. The molecule has 1 fully saturated rings. The zero-order chi connectivity index (χ0) is 15.6. The van der Waals surface area contributed by atoms with Crippen molar-refractivity contribution in [3.63, 3.8) is 0 Å². The largest absolute Gasteiger partial charge is 0.346 e. The normalized spacial score (nSPS) is 17.8. The first-order valence-corrected chi connectivity index (χ1v) is 6.97. The molecule has 2 amide bonds. The van der Waals surface area contributed by atoms with Crippen LogP contribution in [-0.2, 0) is 16.1 Å². The lowest BCUT2D eigenvalue weighted by Crippen LogP contribution is -2.64. The number of piperazine rings is 1. The fourth-order valence-corrected chi connectivity index (χ4v) is 2.32. The van der Waals surface area contributed by atoms with E-state index in [1.54, 1.807) is 26.0 Å². The van der Waals surface area contributed by atoms with E-state index in [4.69, 9.17) is 0 Å². The average Bonchev–Trinajstić information content (AvgIpc) is 2.41. The van der Waals surface area contributed by atoms with Crippen LogP contribution in [0, 0.1) is 5.82 Å². The number of hydrogen-bond donors (Lipinski definition) is 2. The molecule has 0 unspecified atom stereocenters. The number of carbonyl (C=O) groups is 2. The third kappa shape index (κ3) is 3.05. The summed E-state index contributed by atoms with van der Waals surface area (Å²) >= 11 is 0. The first kappa shape index (κ1) is 15.4. The van der Waals surface area contributed by atoms with Crippen LogP contribution in [-0.4, -0.2) is 30.4 Å². The zero-order valence-electron chi connectivity index (χ0n) is 12.5. The molecule has 1 aliphatic heterocycles. The van der Waals surface area contributed by atoms with Crippen molar-refractivity contribution in [2.75, 3.05) is 18.0 Å². The second kappa shape index (κ2) is 5.81. The van der Waals surface area contributed by atoms with Gasteiger partial charge >= 0.3 is 0 Å². The number of rotatable bonds is 4. The summed E-state index contributed by atoms with van der Waals surface area (Å²) < 4.78 is 14.3. The summed E-state index contributed by atoms with van der Waals surface area (Å²) in [6, 6.07) is 4.86. The maximum Gasteiger partial charge on any atom is 0.251 e. The van der Waals surface area contributed by atoms with E-state index in [9.17, 15) is 14.0 Å². The summed E-state index contributed by atoms with van der Waals surface area (Å²) in [5.74, 6) is -1.27. The third-order valence-corrected chi connectivity index (χ3v) is 3.67.